The van der Waals surface area contributed by atoms with Gasteiger partial charge in [0.25, 0.3) is 0 Å². The minimum atomic E-state index is 0.158. The summed E-state index contributed by atoms with van der Waals surface area (Å²) in [6.45, 7) is 10.5. The maximum atomic E-state index is 8.21. The van der Waals surface area contributed by atoms with Crippen molar-refractivity contribution < 1.29 is 0 Å². The number of benzene rings is 1. The van der Waals surface area contributed by atoms with Gasteiger partial charge in [0, 0.05) is 5.41 Å². The van der Waals surface area contributed by atoms with Gasteiger partial charge in [0.05, 0.1) is 5.71 Å². The first-order valence-corrected chi connectivity index (χ1v) is 7.71. The predicted octanol–water partition coefficient (Wildman–Crippen LogP) is 5.94. The van der Waals surface area contributed by atoms with Gasteiger partial charge in [-0.1, -0.05) is 87.9 Å². The normalized spacial score (nSPS) is 16.0. The van der Waals surface area contributed by atoms with Gasteiger partial charge in [-0.05, 0) is 24.5 Å². The number of allylic oxidation sites excluding steroid dienone is 6. The Hall–Kier alpha value is -1.89. The fourth-order valence-corrected chi connectivity index (χ4v) is 2.26. The topological polar surface area (TPSA) is 23.9 Å². The molecule has 0 fully saturated rings. The van der Waals surface area contributed by atoms with E-state index in [9.17, 15) is 0 Å². The highest BCUT2D eigenvalue weighted by Crippen LogP contribution is 2.35. The zero-order valence-electron chi connectivity index (χ0n) is 13.9. The van der Waals surface area contributed by atoms with Gasteiger partial charge in [-0.2, -0.15) is 0 Å². The van der Waals surface area contributed by atoms with Gasteiger partial charge in [-0.3, -0.25) is 0 Å². The maximum Gasteiger partial charge on any atom is 0.0638 e. The molecule has 0 saturated heterocycles. The van der Waals surface area contributed by atoms with E-state index in [1.807, 2.05) is 51.1 Å². The van der Waals surface area contributed by atoms with Crippen LogP contribution in [0.3, 0.4) is 0 Å². The van der Waals surface area contributed by atoms with Gasteiger partial charge in [0.1, 0.15) is 0 Å². The molecule has 1 aromatic carbocycles. The Kier molecular flexibility index (Phi) is 6.36. The molecular formula is C20H27N. The van der Waals surface area contributed by atoms with E-state index >= 15 is 0 Å². The van der Waals surface area contributed by atoms with Crippen LogP contribution in [0.4, 0.5) is 0 Å². The Bertz CT molecular complexity index is 557. The summed E-state index contributed by atoms with van der Waals surface area (Å²) in [5.74, 6) is 0. The predicted molar refractivity (Wildman–Crippen MR) is 94.0 cm³/mol. The Morgan fingerprint density at radius 1 is 1.14 bits per heavy atom. The van der Waals surface area contributed by atoms with Crippen LogP contribution in [0.2, 0.25) is 0 Å². The van der Waals surface area contributed by atoms with Crippen molar-refractivity contribution >= 4 is 5.71 Å². The summed E-state index contributed by atoms with van der Waals surface area (Å²) in [5.41, 5.74) is 4.20. The van der Waals surface area contributed by atoms with Crippen LogP contribution in [-0.4, -0.2) is 5.71 Å². The molecule has 1 heteroatoms. The van der Waals surface area contributed by atoms with Gasteiger partial charge in [0.15, 0.2) is 0 Å². The number of hydrogen-bond acceptors (Lipinski definition) is 1. The van der Waals surface area contributed by atoms with Crippen LogP contribution >= 0.6 is 0 Å². The first-order chi connectivity index (χ1) is 10.0. The smallest absolute Gasteiger partial charge is 0.0638 e. The molecule has 1 aliphatic carbocycles. The van der Waals surface area contributed by atoms with Crippen molar-refractivity contribution in [2.75, 3.05) is 0 Å². The molecule has 0 unspecified atom stereocenters. The van der Waals surface area contributed by atoms with Crippen molar-refractivity contribution in [3.8, 4) is 0 Å². The van der Waals surface area contributed by atoms with Crippen molar-refractivity contribution in [2.45, 2.75) is 41.0 Å². The first-order valence-electron chi connectivity index (χ1n) is 7.71. The number of rotatable bonds is 4. The van der Waals surface area contributed by atoms with Gasteiger partial charge >= 0.3 is 0 Å². The van der Waals surface area contributed by atoms with Gasteiger partial charge in [-0.15, -0.1) is 0 Å². The third-order valence-electron chi connectivity index (χ3n) is 3.72. The second kappa shape index (κ2) is 7.78. The van der Waals surface area contributed by atoms with Crippen LogP contribution < -0.4 is 0 Å². The fraction of sp³-hybridized carbons (Fsp3) is 0.350. The minimum Gasteiger partial charge on any atom is -0.300 e. The molecule has 0 bridgehead atoms. The summed E-state index contributed by atoms with van der Waals surface area (Å²) < 4.78 is 0. The van der Waals surface area contributed by atoms with Gasteiger partial charge in [-0.25, -0.2) is 0 Å². The Morgan fingerprint density at radius 3 is 2.29 bits per heavy atom. The van der Waals surface area contributed by atoms with Crippen molar-refractivity contribution in [3.05, 3.63) is 71.3 Å². The molecule has 0 amide bonds. The summed E-state index contributed by atoms with van der Waals surface area (Å²) in [7, 11) is 0. The van der Waals surface area contributed by atoms with E-state index in [0.717, 1.165) is 17.6 Å². The maximum absolute atomic E-state index is 8.21. The molecule has 0 aromatic heterocycles. The molecule has 0 saturated carbocycles. The van der Waals surface area contributed by atoms with Crippen LogP contribution in [0.25, 0.3) is 0 Å². The zero-order chi connectivity index (χ0) is 15.9. The lowest BCUT2D eigenvalue weighted by Gasteiger charge is -2.20. The Balaban J connectivity index is 0.00000106. The van der Waals surface area contributed by atoms with Crippen molar-refractivity contribution in [1.82, 2.24) is 0 Å². The summed E-state index contributed by atoms with van der Waals surface area (Å²) in [6, 6.07) is 9.90. The Morgan fingerprint density at radius 2 is 1.76 bits per heavy atom. The molecule has 0 spiro atoms. The van der Waals surface area contributed by atoms with E-state index in [1.54, 1.807) is 0 Å². The molecule has 112 valence electrons. The zero-order valence-corrected chi connectivity index (χ0v) is 13.9. The summed E-state index contributed by atoms with van der Waals surface area (Å²) in [4.78, 5) is 0. The average molecular weight is 281 g/mol. The van der Waals surface area contributed by atoms with E-state index in [4.69, 9.17) is 5.41 Å². The van der Waals surface area contributed by atoms with Crippen LogP contribution in [0.5, 0.6) is 0 Å². The molecule has 1 aromatic rings. The monoisotopic (exact) mass is 281 g/mol. The highest BCUT2D eigenvalue weighted by Gasteiger charge is 2.21. The quantitative estimate of drug-likeness (QED) is 0.660. The van der Waals surface area contributed by atoms with Crippen LogP contribution in [0.1, 0.15) is 46.6 Å². The number of nitrogens with one attached hydrogen (secondary N) is 1. The van der Waals surface area contributed by atoms with E-state index in [1.165, 1.54) is 5.57 Å². The minimum absolute atomic E-state index is 0.158. The highest BCUT2D eigenvalue weighted by molar-refractivity contribution is 6.10. The molecule has 0 aliphatic heterocycles. The largest absolute Gasteiger partial charge is 0.300 e. The molecule has 0 radical (unpaired) electrons. The SMILES string of the molecule is C/C(=C/CC1=CC=CC1(C)C)C(=N)c1ccccc1.CC. The number of hydrogen-bond donors (Lipinski definition) is 1. The first kappa shape index (κ1) is 17.2. The lowest BCUT2D eigenvalue weighted by Crippen LogP contribution is -2.08. The van der Waals surface area contributed by atoms with Gasteiger partial charge < -0.3 is 5.41 Å². The third kappa shape index (κ3) is 4.56. The molecule has 1 nitrogen and oxygen atoms in total. The van der Waals surface area contributed by atoms with E-state index in [-0.39, 0.29) is 5.41 Å². The molecule has 1 aliphatic rings. The fourth-order valence-electron chi connectivity index (χ4n) is 2.26. The van der Waals surface area contributed by atoms with Crippen LogP contribution in [-0.2, 0) is 0 Å². The lowest BCUT2D eigenvalue weighted by molar-refractivity contribution is 0.578. The second-order valence-corrected chi connectivity index (χ2v) is 5.60. The van der Waals surface area contributed by atoms with Crippen molar-refractivity contribution in [3.63, 3.8) is 0 Å². The molecule has 0 atom stereocenters. The third-order valence-corrected chi connectivity index (χ3v) is 3.72. The average Bonchev–Trinajstić information content (AvgIpc) is 2.85. The van der Waals surface area contributed by atoms with E-state index < -0.39 is 0 Å². The van der Waals surface area contributed by atoms with Crippen LogP contribution in [0.15, 0.2) is 65.8 Å². The molecule has 0 heterocycles. The Labute approximate surface area is 129 Å². The lowest BCUT2D eigenvalue weighted by atomic mass is 9.85. The van der Waals surface area contributed by atoms with Gasteiger partial charge in [0.2, 0.25) is 0 Å². The molecular weight excluding hydrogens is 254 g/mol. The van der Waals surface area contributed by atoms with E-state index in [0.29, 0.717) is 5.71 Å². The summed E-state index contributed by atoms with van der Waals surface area (Å²) >= 11 is 0. The standard InChI is InChI=1S/C18H21N.C2H6/c1-14(17(19)15-8-5-4-6-9-15)11-12-16-10-7-13-18(16,2)3;1-2/h4-11,13,19H,12H2,1-3H3;1-2H3/b14-11-,19-17?;. The highest BCUT2D eigenvalue weighted by atomic mass is 14.4. The summed E-state index contributed by atoms with van der Waals surface area (Å²) in [6.07, 6.45) is 9.63. The molecule has 1 N–H and O–H groups in total. The molecule has 2 rings (SSSR count). The summed E-state index contributed by atoms with van der Waals surface area (Å²) in [5, 5.41) is 8.21. The molecule has 21 heavy (non-hydrogen) atoms. The van der Waals surface area contributed by atoms with Crippen molar-refractivity contribution in [2.24, 2.45) is 5.41 Å². The van der Waals surface area contributed by atoms with E-state index in [2.05, 4.69) is 38.2 Å². The second-order valence-electron chi connectivity index (χ2n) is 5.60. The van der Waals surface area contributed by atoms with Crippen LogP contribution in [0, 0.1) is 10.8 Å². The van der Waals surface area contributed by atoms with Crippen molar-refractivity contribution in [1.29, 1.82) is 5.41 Å².